The van der Waals surface area contributed by atoms with Crippen molar-refractivity contribution in [2.24, 2.45) is 0 Å². The third-order valence-electron chi connectivity index (χ3n) is 3.19. The molecule has 3 nitrogen and oxygen atoms in total. The van der Waals surface area contributed by atoms with Crippen LogP contribution in [0.3, 0.4) is 0 Å². The summed E-state index contributed by atoms with van der Waals surface area (Å²) in [5.74, 6) is -0.508. The van der Waals surface area contributed by atoms with E-state index in [2.05, 4.69) is 0 Å². The van der Waals surface area contributed by atoms with E-state index in [4.69, 9.17) is 22.1 Å². The first kappa shape index (κ1) is 14.4. The van der Waals surface area contributed by atoms with E-state index >= 15 is 0 Å². The van der Waals surface area contributed by atoms with Gasteiger partial charge in [-0.3, -0.25) is 0 Å². The smallest absolute Gasteiger partial charge is 0.342 e. The average molecular weight is 290 g/mol. The largest absolute Gasteiger partial charge is 0.457 e. The van der Waals surface area contributed by atoms with Gasteiger partial charge in [-0.05, 0) is 42.7 Å². The molecule has 0 atom stereocenters. The number of hydrogen-bond donors (Lipinski definition) is 1. The van der Waals surface area contributed by atoms with Gasteiger partial charge in [0.25, 0.3) is 0 Å². The van der Waals surface area contributed by atoms with Crippen molar-refractivity contribution in [3.63, 3.8) is 0 Å². The molecule has 0 aliphatic rings. The van der Waals surface area contributed by atoms with E-state index in [1.807, 2.05) is 32.0 Å². The van der Waals surface area contributed by atoms with Crippen molar-refractivity contribution in [2.75, 3.05) is 5.73 Å². The molecular formula is C16H16ClNO2. The van der Waals surface area contributed by atoms with Gasteiger partial charge < -0.3 is 10.5 Å². The number of hydrogen-bond acceptors (Lipinski definition) is 3. The molecule has 0 spiro atoms. The van der Waals surface area contributed by atoms with Gasteiger partial charge >= 0.3 is 5.97 Å². The normalized spacial score (nSPS) is 10.3. The van der Waals surface area contributed by atoms with Gasteiger partial charge in [0.2, 0.25) is 0 Å². The number of carbonyl (C=O) groups is 1. The fraction of sp³-hybridized carbons (Fsp3) is 0.188. The Morgan fingerprint density at radius 2 is 1.95 bits per heavy atom. The molecule has 0 aliphatic heterocycles. The Kier molecular flexibility index (Phi) is 4.30. The summed E-state index contributed by atoms with van der Waals surface area (Å²) in [5.41, 5.74) is 9.60. The lowest BCUT2D eigenvalue weighted by atomic mass is 10.1. The van der Waals surface area contributed by atoms with Crippen LogP contribution >= 0.6 is 11.6 Å². The number of ether oxygens (including phenoxy) is 1. The summed E-state index contributed by atoms with van der Waals surface area (Å²) in [6.07, 6.45) is 0. The molecule has 0 amide bonds. The number of carbonyl (C=O) groups excluding carboxylic acids is 1. The van der Waals surface area contributed by atoms with Gasteiger partial charge in [-0.15, -0.1) is 0 Å². The molecule has 0 saturated heterocycles. The van der Waals surface area contributed by atoms with E-state index in [1.54, 1.807) is 18.2 Å². The predicted octanol–water partition coefficient (Wildman–Crippen LogP) is 3.90. The number of rotatable bonds is 3. The van der Waals surface area contributed by atoms with Crippen LogP contribution in [0, 0.1) is 13.8 Å². The maximum absolute atomic E-state index is 12.0. The van der Waals surface area contributed by atoms with Crippen LogP contribution in [0.2, 0.25) is 5.02 Å². The van der Waals surface area contributed by atoms with E-state index < -0.39 is 5.97 Å². The van der Waals surface area contributed by atoms with Gasteiger partial charge in [0.15, 0.2) is 0 Å². The highest BCUT2D eigenvalue weighted by Crippen LogP contribution is 2.23. The topological polar surface area (TPSA) is 52.3 Å². The number of halogens is 1. The quantitative estimate of drug-likeness (QED) is 0.689. The Morgan fingerprint density at radius 1 is 1.20 bits per heavy atom. The van der Waals surface area contributed by atoms with E-state index in [-0.39, 0.29) is 12.2 Å². The van der Waals surface area contributed by atoms with E-state index in [9.17, 15) is 4.79 Å². The number of nitrogen functional groups attached to an aromatic ring is 1. The molecule has 104 valence electrons. The highest BCUT2D eigenvalue weighted by Gasteiger charge is 2.15. The number of benzene rings is 2. The van der Waals surface area contributed by atoms with Crippen LogP contribution in [-0.2, 0) is 11.3 Å². The Balaban J connectivity index is 2.11. The van der Waals surface area contributed by atoms with Crippen molar-refractivity contribution in [1.82, 2.24) is 0 Å². The first-order chi connectivity index (χ1) is 9.49. The minimum absolute atomic E-state index is 0.199. The van der Waals surface area contributed by atoms with Crippen molar-refractivity contribution in [2.45, 2.75) is 20.5 Å². The minimum atomic E-state index is -0.508. The van der Waals surface area contributed by atoms with E-state index in [0.717, 1.165) is 11.1 Å². The van der Waals surface area contributed by atoms with Crippen LogP contribution in [0.4, 0.5) is 5.69 Å². The van der Waals surface area contributed by atoms with Gasteiger partial charge in [-0.1, -0.05) is 35.9 Å². The van der Waals surface area contributed by atoms with Crippen LogP contribution in [0.1, 0.15) is 27.0 Å². The molecule has 4 heteroatoms. The third kappa shape index (κ3) is 3.11. The zero-order chi connectivity index (χ0) is 14.7. The van der Waals surface area contributed by atoms with Crippen LogP contribution in [0.5, 0.6) is 0 Å². The third-order valence-corrected chi connectivity index (χ3v) is 3.51. The summed E-state index contributed by atoms with van der Waals surface area (Å²) in [4.78, 5) is 12.0. The molecule has 0 unspecified atom stereocenters. The lowest BCUT2D eigenvalue weighted by Gasteiger charge is -2.09. The summed E-state index contributed by atoms with van der Waals surface area (Å²) in [6.45, 7) is 4.26. The monoisotopic (exact) mass is 289 g/mol. The average Bonchev–Trinajstić information content (AvgIpc) is 2.40. The number of nitrogens with two attached hydrogens (primary N) is 1. The highest BCUT2D eigenvalue weighted by atomic mass is 35.5. The molecule has 20 heavy (non-hydrogen) atoms. The van der Waals surface area contributed by atoms with Gasteiger partial charge in [0.05, 0.1) is 5.02 Å². The molecule has 0 fully saturated rings. The standard InChI is InChI=1S/C16H16ClNO2/c1-10-6-7-12(8-11(10)2)9-20-16(19)15-13(17)4-3-5-14(15)18/h3-8H,9,18H2,1-2H3. The summed E-state index contributed by atoms with van der Waals surface area (Å²) in [5, 5.41) is 0.301. The molecule has 2 aromatic carbocycles. The second-order valence-electron chi connectivity index (χ2n) is 4.70. The van der Waals surface area contributed by atoms with Gasteiger partial charge in [0, 0.05) is 5.69 Å². The molecule has 2 rings (SSSR count). The van der Waals surface area contributed by atoms with Crippen molar-refractivity contribution in [3.05, 3.63) is 63.7 Å². The molecule has 2 N–H and O–H groups in total. The van der Waals surface area contributed by atoms with E-state index in [0.29, 0.717) is 10.7 Å². The summed E-state index contributed by atoms with van der Waals surface area (Å²) in [7, 11) is 0. The molecule has 0 aliphatic carbocycles. The van der Waals surface area contributed by atoms with Crippen molar-refractivity contribution < 1.29 is 9.53 Å². The van der Waals surface area contributed by atoms with Gasteiger partial charge in [0.1, 0.15) is 12.2 Å². The number of anilines is 1. The molecule has 0 heterocycles. The predicted molar refractivity (Wildman–Crippen MR) is 80.9 cm³/mol. The van der Waals surface area contributed by atoms with Crippen LogP contribution < -0.4 is 5.73 Å². The Hall–Kier alpha value is -2.00. The summed E-state index contributed by atoms with van der Waals surface area (Å²) in [6, 6.07) is 10.9. The van der Waals surface area contributed by atoms with E-state index in [1.165, 1.54) is 5.56 Å². The molecule has 0 bridgehead atoms. The lowest BCUT2D eigenvalue weighted by molar-refractivity contribution is 0.0474. The van der Waals surface area contributed by atoms with Crippen LogP contribution in [0.25, 0.3) is 0 Å². The molecule has 0 radical (unpaired) electrons. The van der Waals surface area contributed by atoms with Gasteiger partial charge in [-0.25, -0.2) is 4.79 Å². The van der Waals surface area contributed by atoms with Crippen molar-refractivity contribution in [1.29, 1.82) is 0 Å². The zero-order valence-corrected chi connectivity index (χ0v) is 12.2. The number of aryl methyl sites for hydroxylation is 2. The second-order valence-corrected chi connectivity index (χ2v) is 5.11. The molecule has 0 saturated carbocycles. The van der Waals surface area contributed by atoms with Crippen LogP contribution in [0.15, 0.2) is 36.4 Å². The molecule has 0 aromatic heterocycles. The minimum Gasteiger partial charge on any atom is -0.457 e. The van der Waals surface area contributed by atoms with Crippen LogP contribution in [-0.4, -0.2) is 5.97 Å². The zero-order valence-electron chi connectivity index (χ0n) is 11.4. The molecular weight excluding hydrogens is 274 g/mol. The maximum Gasteiger partial charge on any atom is 0.342 e. The first-order valence-corrected chi connectivity index (χ1v) is 6.64. The highest BCUT2D eigenvalue weighted by molar-refractivity contribution is 6.34. The first-order valence-electron chi connectivity index (χ1n) is 6.26. The Bertz CT molecular complexity index is 633. The SMILES string of the molecule is Cc1ccc(COC(=O)c2c(N)cccc2Cl)cc1C. The number of esters is 1. The fourth-order valence-electron chi connectivity index (χ4n) is 1.87. The molecule has 2 aromatic rings. The maximum atomic E-state index is 12.0. The van der Waals surface area contributed by atoms with Crippen molar-refractivity contribution >= 4 is 23.3 Å². The van der Waals surface area contributed by atoms with Crippen molar-refractivity contribution in [3.8, 4) is 0 Å². The Morgan fingerprint density at radius 3 is 2.60 bits per heavy atom. The summed E-state index contributed by atoms with van der Waals surface area (Å²) >= 11 is 5.97. The lowest BCUT2D eigenvalue weighted by Crippen LogP contribution is -2.09. The van der Waals surface area contributed by atoms with Gasteiger partial charge in [-0.2, -0.15) is 0 Å². The fourth-order valence-corrected chi connectivity index (χ4v) is 2.13. The summed E-state index contributed by atoms with van der Waals surface area (Å²) < 4.78 is 5.27. The Labute approximate surface area is 123 Å². The second kappa shape index (κ2) is 5.97.